The maximum Gasteiger partial charge on any atom is 0.319 e. The summed E-state index contributed by atoms with van der Waals surface area (Å²) in [4.78, 5) is 16.5. The summed E-state index contributed by atoms with van der Waals surface area (Å²) in [6, 6.07) is 1.76. The van der Waals surface area contributed by atoms with Crippen LogP contribution in [0, 0.1) is 18.3 Å². The Hall–Kier alpha value is -1.33. The van der Waals surface area contributed by atoms with Crippen molar-refractivity contribution in [2.24, 2.45) is 11.3 Å². The minimum Gasteiger partial charge on any atom is -0.377 e. The number of nitrogens with one attached hydrogen (secondary N) is 2. The highest BCUT2D eigenvalue weighted by Crippen LogP contribution is 2.62. The van der Waals surface area contributed by atoms with E-state index in [1.807, 2.05) is 6.92 Å². The van der Waals surface area contributed by atoms with Gasteiger partial charge in [-0.25, -0.2) is 4.79 Å². The van der Waals surface area contributed by atoms with E-state index in [4.69, 9.17) is 16.3 Å². The maximum atomic E-state index is 12.4. The number of rotatable bonds is 2. The van der Waals surface area contributed by atoms with Gasteiger partial charge in [-0.05, 0) is 32.3 Å². The third-order valence-corrected chi connectivity index (χ3v) is 6.11. The molecule has 0 radical (unpaired) electrons. The number of aromatic nitrogens is 1. The number of carbonyl (C=O) groups is 1. The number of amides is 2. The van der Waals surface area contributed by atoms with Gasteiger partial charge in [0, 0.05) is 30.2 Å². The Balaban J connectivity index is 1.45. The normalized spacial score (nSPS) is 31.1. The van der Waals surface area contributed by atoms with Crippen LogP contribution in [0.5, 0.6) is 0 Å². The van der Waals surface area contributed by atoms with Crippen molar-refractivity contribution in [3.8, 4) is 0 Å². The van der Waals surface area contributed by atoms with Crippen molar-refractivity contribution in [1.82, 2.24) is 10.3 Å². The molecule has 2 N–H and O–H groups in total. The van der Waals surface area contributed by atoms with Crippen LogP contribution in [0.15, 0.2) is 12.3 Å². The molecule has 118 valence electrons. The van der Waals surface area contributed by atoms with E-state index < -0.39 is 0 Å². The van der Waals surface area contributed by atoms with E-state index >= 15 is 0 Å². The Labute approximate surface area is 134 Å². The number of halogens is 1. The summed E-state index contributed by atoms with van der Waals surface area (Å²) in [5.41, 5.74) is 1.51. The number of nitrogens with zero attached hydrogens (tertiary/aromatic N) is 1. The molecular weight excluding hydrogens is 302 g/mol. The smallest absolute Gasteiger partial charge is 0.319 e. The van der Waals surface area contributed by atoms with Crippen LogP contribution in [0.3, 0.4) is 0 Å². The van der Waals surface area contributed by atoms with Crippen LogP contribution in [0.4, 0.5) is 10.5 Å². The van der Waals surface area contributed by atoms with Gasteiger partial charge in [-0.15, -0.1) is 0 Å². The number of fused-ring (bicyclic) bond motifs is 2. The van der Waals surface area contributed by atoms with Crippen molar-refractivity contribution in [1.29, 1.82) is 0 Å². The highest BCUT2D eigenvalue weighted by molar-refractivity contribution is 6.34. The first-order chi connectivity index (χ1) is 10.6. The quantitative estimate of drug-likeness (QED) is 0.879. The predicted octanol–water partition coefficient (Wildman–Crippen LogP) is 3.12. The van der Waals surface area contributed by atoms with Gasteiger partial charge in [0.2, 0.25) is 0 Å². The Morgan fingerprint density at radius 3 is 3.05 bits per heavy atom. The monoisotopic (exact) mass is 321 g/mol. The lowest BCUT2D eigenvalue weighted by Crippen LogP contribution is -2.72. The molecular formula is C16H20ClN3O2. The van der Waals surface area contributed by atoms with Gasteiger partial charge in [-0.3, -0.25) is 4.98 Å². The van der Waals surface area contributed by atoms with Gasteiger partial charge in [-0.2, -0.15) is 0 Å². The molecule has 22 heavy (non-hydrogen) atoms. The largest absolute Gasteiger partial charge is 0.377 e. The van der Waals surface area contributed by atoms with Crippen LogP contribution in [0.25, 0.3) is 0 Å². The second kappa shape index (κ2) is 5.10. The summed E-state index contributed by atoms with van der Waals surface area (Å²) in [6.45, 7) is 2.65. The maximum absolute atomic E-state index is 12.4. The molecule has 2 amide bonds. The first-order valence-corrected chi connectivity index (χ1v) is 8.30. The van der Waals surface area contributed by atoms with E-state index in [9.17, 15) is 4.79 Å². The standard InChI is InChI=1S/C16H20ClN3O2/c1-9-12(17)11(3-7-18-9)19-15(21)20-13-10-4-8-22-14(10)16(13)5-2-6-16/h3,7,10,13-14H,2,4-6,8H2,1H3,(H2,18,19,20,21)/t10-,13-,14-/m1/s1. The van der Waals surface area contributed by atoms with Crippen LogP contribution >= 0.6 is 11.6 Å². The van der Waals surface area contributed by atoms with Crippen molar-refractivity contribution >= 4 is 23.3 Å². The zero-order valence-electron chi connectivity index (χ0n) is 12.6. The third-order valence-electron chi connectivity index (χ3n) is 5.63. The van der Waals surface area contributed by atoms with Crippen LogP contribution < -0.4 is 10.6 Å². The second-order valence-electron chi connectivity index (χ2n) is 6.66. The van der Waals surface area contributed by atoms with Gasteiger partial charge in [0.05, 0.1) is 22.5 Å². The first kappa shape index (κ1) is 14.3. The fourth-order valence-corrected chi connectivity index (χ4v) is 4.56. The molecule has 2 saturated carbocycles. The second-order valence-corrected chi connectivity index (χ2v) is 7.04. The SMILES string of the molecule is Cc1nccc(NC(=O)N[C@@H]2[C@H]3CCO[C@H]3C23CCC3)c1Cl. The van der Waals surface area contributed by atoms with Crippen molar-refractivity contribution in [2.75, 3.05) is 11.9 Å². The number of urea groups is 1. The number of ether oxygens (including phenoxy) is 1. The van der Waals surface area contributed by atoms with Gasteiger partial charge < -0.3 is 15.4 Å². The summed E-state index contributed by atoms with van der Waals surface area (Å²) >= 11 is 6.18. The van der Waals surface area contributed by atoms with Crippen LogP contribution in [0.1, 0.15) is 31.4 Å². The van der Waals surface area contributed by atoms with Gasteiger partial charge in [0.1, 0.15) is 0 Å². The van der Waals surface area contributed by atoms with Crippen molar-refractivity contribution in [2.45, 2.75) is 44.8 Å². The fourth-order valence-electron chi connectivity index (χ4n) is 4.40. The summed E-state index contributed by atoms with van der Waals surface area (Å²) in [5.74, 6) is 0.473. The van der Waals surface area contributed by atoms with Gasteiger partial charge in [0.15, 0.2) is 0 Å². The average Bonchev–Trinajstić information content (AvgIpc) is 2.85. The highest BCUT2D eigenvalue weighted by Gasteiger charge is 2.66. The minimum atomic E-state index is -0.186. The minimum absolute atomic E-state index is 0.186. The van der Waals surface area contributed by atoms with Crippen LogP contribution in [0.2, 0.25) is 5.02 Å². The Morgan fingerprint density at radius 2 is 2.32 bits per heavy atom. The molecule has 3 fully saturated rings. The molecule has 0 aromatic carbocycles. The van der Waals surface area contributed by atoms with Gasteiger partial charge in [0.25, 0.3) is 0 Å². The molecule has 1 aromatic heterocycles. The molecule has 5 nitrogen and oxygen atoms in total. The van der Waals surface area contributed by atoms with E-state index in [1.54, 1.807) is 12.3 Å². The summed E-state index contributed by atoms with van der Waals surface area (Å²) in [5, 5.41) is 6.51. The number of anilines is 1. The number of aryl methyl sites for hydroxylation is 1. The molecule has 0 unspecified atom stereocenters. The Morgan fingerprint density at radius 1 is 1.50 bits per heavy atom. The molecule has 3 atom stereocenters. The number of carbonyl (C=O) groups excluding carboxylic acids is 1. The molecule has 3 aliphatic rings. The first-order valence-electron chi connectivity index (χ1n) is 7.92. The average molecular weight is 322 g/mol. The topological polar surface area (TPSA) is 63.2 Å². The van der Waals surface area contributed by atoms with E-state index in [0.29, 0.717) is 28.4 Å². The molecule has 4 rings (SSSR count). The zero-order valence-corrected chi connectivity index (χ0v) is 13.3. The molecule has 1 spiro atoms. The molecule has 6 heteroatoms. The van der Waals surface area contributed by atoms with Crippen molar-refractivity contribution in [3.63, 3.8) is 0 Å². The van der Waals surface area contributed by atoms with Crippen molar-refractivity contribution < 1.29 is 9.53 Å². The van der Waals surface area contributed by atoms with E-state index in [0.717, 1.165) is 25.9 Å². The molecule has 1 saturated heterocycles. The fraction of sp³-hybridized carbons (Fsp3) is 0.625. The zero-order chi connectivity index (χ0) is 15.3. The molecule has 2 aliphatic carbocycles. The highest BCUT2D eigenvalue weighted by atomic mass is 35.5. The van der Waals surface area contributed by atoms with Gasteiger partial charge >= 0.3 is 6.03 Å². The predicted molar refractivity (Wildman–Crippen MR) is 84.1 cm³/mol. The van der Waals surface area contributed by atoms with Crippen molar-refractivity contribution in [3.05, 3.63) is 23.0 Å². The molecule has 1 aromatic rings. The summed E-state index contributed by atoms with van der Waals surface area (Å²) < 4.78 is 5.87. The third kappa shape index (κ3) is 1.95. The molecule has 0 bridgehead atoms. The number of hydrogen-bond acceptors (Lipinski definition) is 3. The lowest BCUT2D eigenvalue weighted by molar-refractivity contribution is -0.171. The lowest BCUT2D eigenvalue weighted by atomic mass is 9.46. The van der Waals surface area contributed by atoms with Gasteiger partial charge in [-0.1, -0.05) is 18.0 Å². The van der Waals surface area contributed by atoms with E-state index in [2.05, 4.69) is 15.6 Å². The Bertz CT molecular complexity index is 617. The Kier molecular flexibility index (Phi) is 3.31. The number of pyridine rings is 1. The molecule has 2 heterocycles. The van der Waals surface area contributed by atoms with Crippen LogP contribution in [-0.4, -0.2) is 29.8 Å². The molecule has 1 aliphatic heterocycles. The lowest BCUT2D eigenvalue weighted by Gasteiger charge is -2.63. The number of hydrogen-bond donors (Lipinski definition) is 2. The summed E-state index contributed by atoms with van der Waals surface area (Å²) in [6.07, 6.45) is 6.61. The summed E-state index contributed by atoms with van der Waals surface area (Å²) in [7, 11) is 0. The van der Waals surface area contributed by atoms with E-state index in [-0.39, 0.29) is 17.5 Å². The van der Waals surface area contributed by atoms with E-state index in [1.165, 1.54) is 6.42 Å². The van der Waals surface area contributed by atoms with Crippen LogP contribution in [-0.2, 0) is 4.74 Å².